The molecule has 3 heteroatoms. The second-order valence-corrected chi connectivity index (χ2v) is 4.66. The molecule has 0 bridgehead atoms. The molecule has 0 aromatic heterocycles. The van der Waals surface area contributed by atoms with Gasteiger partial charge in [0.05, 0.1) is 0 Å². The van der Waals surface area contributed by atoms with E-state index in [-0.39, 0.29) is 0 Å². The Bertz CT molecular complexity index is 57.9. The molecule has 0 N–H and O–H groups in total. The molecular formula is C5H10Cl2S. The molecule has 0 nitrogen and oxygen atoms in total. The number of thioether (sulfide) groups is 1. The van der Waals surface area contributed by atoms with Gasteiger partial charge in [-0.2, -0.15) is 11.8 Å². The first kappa shape index (κ1) is 8.93. The van der Waals surface area contributed by atoms with Gasteiger partial charge in [-0.05, 0) is 25.4 Å². The second kappa shape index (κ2) is 3.86. The summed E-state index contributed by atoms with van der Waals surface area (Å²) in [6.07, 6.45) is 2.90. The van der Waals surface area contributed by atoms with Crippen LogP contribution in [0.15, 0.2) is 0 Å². The third-order valence-corrected chi connectivity index (χ3v) is 1.74. The smallest absolute Gasteiger partial charge is 0.116 e. The lowest BCUT2D eigenvalue weighted by atomic mass is 10.4. The summed E-state index contributed by atoms with van der Waals surface area (Å²) in [7, 11) is 0. The van der Waals surface area contributed by atoms with E-state index >= 15 is 0 Å². The Morgan fingerprint density at radius 3 is 2.12 bits per heavy atom. The van der Waals surface area contributed by atoms with Crippen LogP contribution in [0.4, 0.5) is 0 Å². The lowest BCUT2D eigenvalue weighted by Gasteiger charge is -2.10. The van der Waals surface area contributed by atoms with Crippen molar-refractivity contribution < 1.29 is 0 Å². The third kappa shape index (κ3) is 6.93. The van der Waals surface area contributed by atoms with Crippen LogP contribution < -0.4 is 0 Å². The summed E-state index contributed by atoms with van der Waals surface area (Å²) in [6, 6.07) is 0. The van der Waals surface area contributed by atoms with Gasteiger partial charge in [0.1, 0.15) is 4.33 Å². The largest absolute Gasteiger partial charge is 0.165 e. The quantitative estimate of drug-likeness (QED) is 0.591. The molecule has 0 amide bonds. The summed E-state index contributed by atoms with van der Waals surface area (Å²) in [5.74, 6) is 1.03. The van der Waals surface area contributed by atoms with Crippen LogP contribution in [0.1, 0.15) is 13.3 Å². The van der Waals surface area contributed by atoms with Crippen molar-refractivity contribution in [2.24, 2.45) is 0 Å². The fraction of sp³-hybridized carbons (Fsp3) is 1.00. The maximum atomic E-state index is 5.66. The van der Waals surface area contributed by atoms with Crippen LogP contribution in [0.25, 0.3) is 0 Å². The Balaban J connectivity index is 3.11. The summed E-state index contributed by atoms with van der Waals surface area (Å²) < 4.78 is -0.525. The van der Waals surface area contributed by atoms with Gasteiger partial charge in [-0.3, -0.25) is 0 Å². The molecule has 0 aliphatic heterocycles. The van der Waals surface area contributed by atoms with E-state index in [4.69, 9.17) is 23.2 Å². The van der Waals surface area contributed by atoms with Crippen molar-refractivity contribution >= 4 is 35.0 Å². The summed E-state index contributed by atoms with van der Waals surface area (Å²) in [6.45, 7) is 1.81. The summed E-state index contributed by atoms with van der Waals surface area (Å²) >= 11 is 13.1. The molecular weight excluding hydrogens is 163 g/mol. The number of alkyl halides is 2. The monoisotopic (exact) mass is 172 g/mol. The van der Waals surface area contributed by atoms with Crippen LogP contribution in [0.3, 0.4) is 0 Å². The minimum Gasteiger partial charge on any atom is -0.165 e. The van der Waals surface area contributed by atoms with Gasteiger partial charge in [0.15, 0.2) is 0 Å². The van der Waals surface area contributed by atoms with Gasteiger partial charge < -0.3 is 0 Å². The van der Waals surface area contributed by atoms with Crippen LogP contribution in [0.5, 0.6) is 0 Å². The van der Waals surface area contributed by atoms with Gasteiger partial charge in [-0.1, -0.05) is 0 Å². The van der Waals surface area contributed by atoms with E-state index in [2.05, 4.69) is 0 Å². The lowest BCUT2D eigenvalue weighted by Crippen LogP contribution is -2.06. The zero-order valence-corrected chi connectivity index (χ0v) is 7.41. The highest BCUT2D eigenvalue weighted by molar-refractivity contribution is 7.98. The molecule has 0 saturated carbocycles. The van der Waals surface area contributed by atoms with Gasteiger partial charge in [0, 0.05) is 0 Å². The molecule has 0 spiro atoms. The van der Waals surface area contributed by atoms with Gasteiger partial charge in [-0.15, -0.1) is 23.2 Å². The highest BCUT2D eigenvalue weighted by Crippen LogP contribution is 2.24. The van der Waals surface area contributed by atoms with Gasteiger partial charge in [0.2, 0.25) is 0 Å². The zero-order valence-electron chi connectivity index (χ0n) is 5.08. The van der Waals surface area contributed by atoms with Crippen molar-refractivity contribution in [3.63, 3.8) is 0 Å². The van der Waals surface area contributed by atoms with E-state index in [0.717, 1.165) is 12.2 Å². The molecule has 0 aliphatic rings. The Morgan fingerprint density at radius 2 is 2.00 bits per heavy atom. The van der Waals surface area contributed by atoms with Gasteiger partial charge >= 0.3 is 0 Å². The molecule has 0 rings (SSSR count). The van der Waals surface area contributed by atoms with Crippen LogP contribution in [-0.4, -0.2) is 16.3 Å². The first-order valence-corrected chi connectivity index (χ1v) is 4.58. The number of hydrogen-bond donors (Lipinski definition) is 0. The highest BCUT2D eigenvalue weighted by atomic mass is 35.5. The van der Waals surface area contributed by atoms with Crippen molar-refractivity contribution in [1.82, 2.24) is 0 Å². The zero-order chi connectivity index (χ0) is 6.62. The average molecular weight is 173 g/mol. The lowest BCUT2D eigenvalue weighted by molar-refractivity contribution is 0.831. The maximum Gasteiger partial charge on any atom is 0.116 e. The molecule has 0 saturated heterocycles. The molecule has 8 heavy (non-hydrogen) atoms. The normalized spacial score (nSPS) is 12.0. The first-order valence-electron chi connectivity index (χ1n) is 2.43. The Hall–Kier alpha value is 0.930. The number of hydrogen-bond acceptors (Lipinski definition) is 1. The van der Waals surface area contributed by atoms with Crippen LogP contribution in [0.2, 0.25) is 0 Å². The molecule has 0 fully saturated rings. The van der Waals surface area contributed by atoms with Crippen molar-refractivity contribution in [3.8, 4) is 0 Å². The van der Waals surface area contributed by atoms with E-state index in [0.29, 0.717) is 0 Å². The van der Waals surface area contributed by atoms with E-state index in [1.165, 1.54) is 0 Å². The first-order chi connectivity index (χ1) is 3.56. The minimum atomic E-state index is -0.525. The molecule has 0 aliphatic carbocycles. The molecule has 0 heterocycles. The SMILES string of the molecule is CSCCC(C)(Cl)Cl. The van der Waals surface area contributed by atoms with Crippen LogP contribution in [-0.2, 0) is 0 Å². The summed E-state index contributed by atoms with van der Waals surface area (Å²) in [5, 5.41) is 0. The number of halogens is 2. The predicted octanol–water partition coefficient (Wildman–Crippen LogP) is 2.93. The summed E-state index contributed by atoms with van der Waals surface area (Å²) in [4.78, 5) is 0. The predicted molar refractivity (Wildman–Crippen MR) is 43.1 cm³/mol. The third-order valence-electron chi connectivity index (χ3n) is 0.745. The standard InChI is InChI=1S/C5H10Cl2S/c1-5(6,7)3-4-8-2/h3-4H2,1-2H3. The molecule has 0 atom stereocenters. The topological polar surface area (TPSA) is 0 Å². The van der Waals surface area contributed by atoms with Crippen LogP contribution in [0, 0.1) is 0 Å². The Kier molecular flexibility index (Phi) is 4.31. The molecule has 0 aromatic rings. The van der Waals surface area contributed by atoms with E-state index in [9.17, 15) is 0 Å². The van der Waals surface area contributed by atoms with E-state index < -0.39 is 4.33 Å². The highest BCUT2D eigenvalue weighted by Gasteiger charge is 2.14. The second-order valence-electron chi connectivity index (χ2n) is 1.81. The van der Waals surface area contributed by atoms with Crippen LogP contribution >= 0.6 is 35.0 Å². The Labute approximate surface area is 64.9 Å². The fourth-order valence-corrected chi connectivity index (χ4v) is 1.31. The van der Waals surface area contributed by atoms with Crippen molar-refractivity contribution in [1.29, 1.82) is 0 Å². The molecule has 0 unspecified atom stereocenters. The number of rotatable bonds is 3. The average Bonchev–Trinajstić information content (AvgIpc) is 1.59. The fourth-order valence-electron chi connectivity index (χ4n) is 0.281. The minimum absolute atomic E-state index is 0.525. The van der Waals surface area contributed by atoms with E-state index in [1.54, 1.807) is 11.8 Å². The Morgan fingerprint density at radius 1 is 1.50 bits per heavy atom. The summed E-state index contributed by atoms with van der Waals surface area (Å²) in [5.41, 5.74) is 0. The molecule has 0 radical (unpaired) electrons. The van der Waals surface area contributed by atoms with Crippen molar-refractivity contribution in [2.45, 2.75) is 17.7 Å². The van der Waals surface area contributed by atoms with Gasteiger partial charge in [0.25, 0.3) is 0 Å². The van der Waals surface area contributed by atoms with E-state index in [1.807, 2.05) is 13.2 Å². The molecule has 50 valence electrons. The van der Waals surface area contributed by atoms with Crippen molar-refractivity contribution in [2.75, 3.05) is 12.0 Å². The van der Waals surface area contributed by atoms with Crippen molar-refractivity contribution in [3.05, 3.63) is 0 Å². The maximum absolute atomic E-state index is 5.66. The molecule has 0 aromatic carbocycles. The van der Waals surface area contributed by atoms with Gasteiger partial charge in [-0.25, -0.2) is 0 Å².